The lowest BCUT2D eigenvalue weighted by Crippen LogP contribution is -2.15. The van der Waals surface area contributed by atoms with Gasteiger partial charge in [0, 0.05) is 11.1 Å². The predicted molar refractivity (Wildman–Crippen MR) is 139 cm³/mol. The first-order chi connectivity index (χ1) is 17.5. The smallest absolute Gasteiger partial charge is 0.201 e. The van der Waals surface area contributed by atoms with E-state index in [-0.39, 0.29) is 29.4 Å². The van der Waals surface area contributed by atoms with Crippen LogP contribution < -0.4 is 4.74 Å². The molecule has 1 aliphatic rings. The average Bonchev–Trinajstić information content (AvgIpc) is 2.89. The van der Waals surface area contributed by atoms with Crippen LogP contribution in [0, 0.1) is 29.2 Å². The van der Waals surface area contributed by atoms with E-state index in [1.54, 1.807) is 6.07 Å². The highest BCUT2D eigenvalue weighted by atomic mass is 19.2. The van der Waals surface area contributed by atoms with Gasteiger partial charge in [-0.3, -0.25) is 0 Å². The van der Waals surface area contributed by atoms with Crippen molar-refractivity contribution in [1.82, 2.24) is 0 Å². The average molecular weight is 507 g/mol. The number of hydrogen-bond acceptors (Lipinski definition) is 1. The number of unbranched alkanes of at least 4 members (excludes halogenated alkanes) is 7. The van der Waals surface area contributed by atoms with Crippen molar-refractivity contribution in [1.29, 1.82) is 0 Å². The largest absolute Gasteiger partial charge is 0.490 e. The van der Waals surface area contributed by atoms with Crippen LogP contribution in [0.15, 0.2) is 24.3 Å². The molecule has 5 heteroatoms. The van der Waals surface area contributed by atoms with Crippen molar-refractivity contribution in [2.45, 2.75) is 110 Å². The normalized spacial score (nSPS) is 17.9. The zero-order chi connectivity index (χ0) is 25.9. The minimum atomic E-state index is -1.22. The molecule has 0 bridgehead atoms. The maximum absolute atomic E-state index is 15.1. The van der Waals surface area contributed by atoms with Crippen LogP contribution in [-0.2, 0) is 0 Å². The lowest BCUT2D eigenvalue weighted by atomic mass is 9.76. The number of ether oxygens (including phenoxy) is 1. The standard InChI is InChI=1S/C31H42F4O/c1-3-5-7-8-9-10-12-22-13-15-23(16-14-22)24-17-18-25(29(33)28(24)32)26-19-20-27(31(35)30(26)34)36-21-11-6-4-2/h17-20,22-23H,3-16,21H2,1-2H3. The van der Waals surface area contributed by atoms with Crippen molar-refractivity contribution in [3.05, 3.63) is 53.1 Å². The Hall–Kier alpha value is -2.04. The quantitative estimate of drug-likeness (QED) is 0.183. The molecule has 1 saturated carbocycles. The van der Waals surface area contributed by atoms with Crippen molar-refractivity contribution in [3.63, 3.8) is 0 Å². The van der Waals surface area contributed by atoms with Crippen molar-refractivity contribution < 1.29 is 22.3 Å². The molecule has 0 spiro atoms. The molecule has 1 nitrogen and oxygen atoms in total. The third-order valence-corrected chi connectivity index (χ3v) is 7.71. The summed E-state index contributed by atoms with van der Waals surface area (Å²) in [5.74, 6) is -4.01. The minimum Gasteiger partial charge on any atom is -0.490 e. The molecule has 0 N–H and O–H groups in total. The molecule has 1 fully saturated rings. The van der Waals surface area contributed by atoms with Gasteiger partial charge in [0.25, 0.3) is 0 Å². The highest BCUT2D eigenvalue weighted by Crippen LogP contribution is 2.41. The number of benzene rings is 2. The molecule has 1 aliphatic carbocycles. The van der Waals surface area contributed by atoms with Crippen LogP contribution in [0.5, 0.6) is 5.75 Å². The van der Waals surface area contributed by atoms with E-state index in [4.69, 9.17) is 4.74 Å². The molecule has 0 unspecified atom stereocenters. The summed E-state index contributed by atoms with van der Waals surface area (Å²) in [6, 6.07) is 5.49. The predicted octanol–water partition coefficient (Wildman–Crippen LogP) is 10.5. The molecule has 0 radical (unpaired) electrons. The second-order valence-electron chi connectivity index (χ2n) is 10.4. The molecule has 0 heterocycles. The summed E-state index contributed by atoms with van der Waals surface area (Å²) in [5.41, 5.74) is -0.202. The Morgan fingerprint density at radius 2 is 1.22 bits per heavy atom. The van der Waals surface area contributed by atoms with Gasteiger partial charge in [-0.05, 0) is 61.6 Å². The van der Waals surface area contributed by atoms with E-state index >= 15 is 8.78 Å². The summed E-state index contributed by atoms with van der Waals surface area (Å²) in [4.78, 5) is 0. The summed E-state index contributed by atoms with van der Waals surface area (Å²) in [7, 11) is 0. The van der Waals surface area contributed by atoms with Gasteiger partial charge < -0.3 is 4.74 Å². The Bertz CT molecular complexity index is 950. The maximum atomic E-state index is 15.1. The van der Waals surface area contributed by atoms with Crippen LogP contribution in [-0.4, -0.2) is 6.61 Å². The fourth-order valence-electron chi connectivity index (χ4n) is 5.45. The van der Waals surface area contributed by atoms with Crippen LogP contribution in [0.25, 0.3) is 11.1 Å². The van der Waals surface area contributed by atoms with Gasteiger partial charge in [-0.25, -0.2) is 13.2 Å². The zero-order valence-corrected chi connectivity index (χ0v) is 22.0. The van der Waals surface area contributed by atoms with Gasteiger partial charge in [0.05, 0.1) is 6.61 Å². The summed E-state index contributed by atoms with van der Waals surface area (Å²) >= 11 is 0. The Morgan fingerprint density at radius 1 is 0.639 bits per heavy atom. The Labute approximate surface area is 214 Å². The molecule has 0 aliphatic heterocycles. The van der Waals surface area contributed by atoms with Crippen molar-refractivity contribution in [2.75, 3.05) is 6.61 Å². The summed E-state index contributed by atoms with van der Waals surface area (Å²) in [6.07, 6.45) is 15.3. The molecule has 200 valence electrons. The molecule has 0 saturated heterocycles. The monoisotopic (exact) mass is 506 g/mol. The lowest BCUT2D eigenvalue weighted by molar-refractivity contribution is 0.286. The minimum absolute atomic E-state index is 0.0326. The van der Waals surface area contributed by atoms with Gasteiger partial charge in [-0.15, -0.1) is 0 Å². The first kappa shape index (κ1) is 28.5. The first-order valence-electron chi connectivity index (χ1n) is 14.1. The van der Waals surface area contributed by atoms with E-state index in [0.29, 0.717) is 11.5 Å². The second kappa shape index (κ2) is 14.6. The number of rotatable bonds is 14. The molecule has 2 aromatic carbocycles. The molecule has 3 rings (SSSR count). The van der Waals surface area contributed by atoms with E-state index in [0.717, 1.165) is 44.9 Å². The SMILES string of the molecule is CCCCCCCCC1CCC(c2ccc(-c3ccc(OCCCCC)c(F)c3F)c(F)c2F)CC1. The third-order valence-electron chi connectivity index (χ3n) is 7.71. The van der Waals surface area contributed by atoms with Crippen LogP contribution in [0.1, 0.15) is 115 Å². The van der Waals surface area contributed by atoms with E-state index in [1.807, 2.05) is 6.92 Å². The second-order valence-corrected chi connectivity index (χ2v) is 10.4. The van der Waals surface area contributed by atoms with Crippen molar-refractivity contribution in [3.8, 4) is 16.9 Å². The molecule has 0 amide bonds. The highest BCUT2D eigenvalue weighted by Gasteiger charge is 2.27. The summed E-state index contributed by atoms with van der Waals surface area (Å²) < 4.78 is 64.9. The van der Waals surface area contributed by atoms with E-state index in [2.05, 4.69) is 6.92 Å². The Kier molecular flexibility index (Phi) is 11.6. The maximum Gasteiger partial charge on any atom is 0.201 e. The van der Waals surface area contributed by atoms with E-state index in [9.17, 15) is 8.78 Å². The fraction of sp³-hybridized carbons (Fsp3) is 0.613. The topological polar surface area (TPSA) is 9.23 Å². The molecular formula is C31H42F4O. The summed E-state index contributed by atoms with van der Waals surface area (Å²) in [5, 5.41) is 0. The van der Waals surface area contributed by atoms with Crippen LogP contribution in [0.4, 0.5) is 17.6 Å². The van der Waals surface area contributed by atoms with Gasteiger partial charge in [0.15, 0.2) is 23.2 Å². The van der Waals surface area contributed by atoms with Gasteiger partial charge >= 0.3 is 0 Å². The Balaban J connectivity index is 1.61. The molecule has 0 aromatic heterocycles. The number of hydrogen-bond donors (Lipinski definition) is 0. The van der Waals surface area contributed by atoms with Crippen molar-refractivity contribution >= 4 is 0 Å². The summed E-state index contributed by atoms with van der Waals surface area (Å²) in [6.45, 7) is 4.54. The van der Waals surface area contributed by atoms with Crippen molar-refractivity contribution in [2.24, 2.45) is 5.92 Å². The Morgan fingerprint density at radius 3 is 1.92 bits per heavy atom. The molecule has 2 aromatic rings. The fourth-order valence-corrected chi connectivity index (χ4v) is 5.45. The van der Waals surface area contributed by atoms with Gasteiger partial charge in [0.2, 0.25) is 5.82 Å². The van der Waals surface area contributed by atoms with E-state index < -0.39 is 23.3 Å². The lowest BCUT2D eigenvalue weighted by Gasteiger charge is -2.29. The zero-order valence-electron chi connectivity index (χ0n) is 22.0. The number of halogens is 4. The molecular weight excluding hydrogens is 464 g/mol. The van der Waals surface area contributed by atoms with Crippen LogP contribution in [0.2, 0.25) is 0 Å². The van der Waals surface area contributed by atoms with Crippen LogP contribution >= 0.6 is 0 Å². The molecule has 0 atom stereocenters. The van der Waals surface area contributed by atoms with Gasteiger partial charge in [0.1, 0.15) is 0 Å². The third kappa shape index (κ3) is 7.49. The van der Waals surface area contributed by atoms with Gasteiger partial charge in [-0.1, -0.05) is 83.8 Å². The van der Waals surface area contributed by atoms with Crippen LogP contribution in [0.3, 0.4) is 0 Å². The first-order valence-corrected chi connectivity index (χ1v) is 14.1. The molecule has 36 heavy (non-hydrogen) atoms. The highest BCUT2D eigenvalue weighted by molar-refractivity contribution is 5.66. The van der Waals surface area contributed by atoms with Gasteiger partial charge in [-0.2, -0.15) is 4.39 Å². The van der Waals surface area contributed by atoms with E-state index in [1.165, 1.54) is 63.1 Å².